The molecular weight excluding hydrogens is 532 g/mol. The van der Waals surface area contributed by atoms with E-state index in [2.05, 4.69) is 5.16 Å². The van der Waals surface area contributed by atoms with Gasteiger partial charge in [-0.3, -0.25) is 0 Å². The van der Waals surface area contributed by atoms with Crippen LogP contribution in [0.25, 0.3) is 22.1 Å². The van der Waals surface area contributed by atoms with Crippen LogP contribution in [0.2, 0.25) is 0 Å². The molecule has 204 valence electrons. The number of carbonyl (C=O) groups excluding carboxylic acids is 1. The molecule has 38 heavy (non-hydrogen) atoms. The van der Waals surface area contributed by atoms with Crippen LogP contribution in [0.4, 0.5) is 22.4 Å². The fraction of sp³-hybridized carbons (Fsp3) is 0.417. The molecule has 0 spiro atoms. The van der Waals surface area contributed by atoms with Crippen LogP contribution in [0.5, 0.6) is 0 Å². The Balaban J connectivity index is 1.49. The second kappa shape index (κ2) is 9.50. The van der Waals surface area contributed by atoms with Crippen LogP contribution in [0.15, 0.2) is 34.9 Å². The Labute approximate surface area is 215 Å². The first-order valence-corrected chi connectivity index (χ1v) is 13.4. The number of nitrogens with zero attached hydrogens (tertiary/aromatic N) is 3. The summed E-state index contributed by atoms with van der Waals surface area (Å²) >= 11 is 0. The fourth-order valence-electron chi connectivity index (χ4n) is 5.02. The van der Waals surface area contributed by atoms with E-state index < -0.39 is 58.8 Å². The molecule has 1 N–H and O–H groups in total. The van der Waals surface area contributed by atoms with E-state index in [0.29, 0.717) is 5.56 Å². The number of amides is 2. The van der Waals surface area contributed by atoms with Gasteiger partial charge in [-0.25, -0.2) is 35.5 Å². The number of ether oxygens (including phenoxy) is 1. The van der Waals surface area contributed by atoms with Crippen LogP contribution in [-0.2, 0) is 27.9 Å². The molecule has 2 saturated heterocycles. The summed E-state index contributed by atoms with van der Waals surface area (Å²) in [5, 5.41) is 4.22. The first kappa shape index (κ1) is 26.4. The molecule has 3 heterocycles. The van der Waals surface area contributed by atoms with Crippen molar-refractivity contribution in [3.05, 3.63) is 53.2 Å². The molecule has 3 aromatic rings. The molecule has 2 amide bonds. The Bertz CT molecular complexity index is 1490. The molecule has 0 aliphatic carbocycles. The lowest BCUT2D eigenvalue weighted by Crippen LogP contribution is -2.51. The number of fused-ring (bicyclic) bond motifs is 2. The van der Waals surface area contributed by atoms with E-state index in [4.69, 9.17) is 9.26 Å². The van der Waals surface area contributed by atoms with Crippen molar-refractivity contribution < 1.29 is 40.0 Å². The van der Waals surface area contributed by atoms with Crippen molar-refractivity contribution in [2.75, 3.05) is 26.0 Å². The van der Waals surface area contributed by atoms with E-state index in [1.54, 1.807) is 6.07 Å². The highest BCUT2D eigenvalue weighted by Crippen LogP contribution is 2.41. The summed E-state index contributed by atoms with van der Waals surface area (Å²) in [5.41, 5.74) is 0.652. The normalized spacial score (nSPS) is 21.1. The van der Waals surface area contributed by atoms with Crippen LogP contribution in [-0.4, -0.2) is 73.4 Å². The molecule has 0 bridgehead atoms. The van der Waals surface area contributed by atoms with Gasteiger partial charge in [-0.05, 0) is 36.8 Å². The number of methoxy groups -OCH3 is 1. The minimum Gasteiger partial charge on any atom is -0.380 e. The summed E-state index contributed by atoms with van der Waals surface area (Å²) in [6, 6.07) is 2.49. The van der Waals surface area contributed by atoms with Gasteiger partial charge < -0.3 is 19.1 Å². The van der Waals surface area contributed by atoms with Crippen LogP contribution < -0.4 is 4.72 Å². The average Bonchev–Trinajstić information content (AvgIpc) is 3.47. The molecular formula is C24H24F4N4O5S. The molecule has 5 rings (SSSR count). The summed E-state index contributed by atoms with van der Waals surface area (Å²) in [7, 11) is -2.47. The molecule has 1 aromatic heterocycles. The lowest BCUT2D eigenvalue weighted by molar-refractivity contribution is -0.0359. The molecule has 0 saturated carbocycles. The maximum atomic E-state index is 15.1. The molecule has 2 aliphatic rings. The summed E-state index contributed by atoms with van der Waals surface area (Å²) in [6.45, 7) is 0.264. The number of carbonyl (C=O) groups is 1. The van der Waals surface area contributed by atoms with Gasteiger partial charge in [-0.2, -0.15) is 0 Å². The van der Waals surface area contributed by atoms with Gasteiger partial charge >= 0.3 is 6.03 Å². The summed E-state index contributed by atoms with van der Waals surface area (Å²) < 4.78 is 96.1. The van der Waals surface area contributed by atoms with E-state index >= 15 is 8.78 Å². The van der Waals surface area contributed by atoms with E-state index in [0.717, 1.165) is 21.9 Å². The predicted molar refractivity (Wildman–Crippen MR) is 128 cm³/mol. The Kier molecular flexibility index (Phi) is 6.60. The average molecular weight is 557 g/mol. The molecule has 0 unspecified atom stereocenters. The smallest absolute Gasteiger partial charge is 0.321 e. The monoisotopic (exact) mass is 556 g/mol. The Hall–Kier alpha value is -3.23. The summed E-state index contributed by atoms with van der Waals surface area (Å²) in [5.74, 6) is -5.55. The van der Waals surface area contributed by atoms with Crippen LogP contribution in [0, 0.1) is 11.6 Å². The highest BCUT2D eigenvalue weighted by atomic mass is 32.2. The van der Waals surface area contributed by atoms with Crippen molar-refractivity contribution in [3.63, 3.8) is 0 Å². The third-order valence-corrected chi connectivity index (χ3v) is 8.27. The van der Waals surface area contributed by atoms with Crippen LogP contribution in [0.1, 0.15) is 18.2 Å². The number of rotatable bonds is 8. The maximum Gasteiger partial charge on any atom is 0.321 e. The van der Waals surface area contributed by atoms with Gasteiger partial charge in [0.2, 0.25) is 10.0 Å². The van der Waals surface area contributed by atoms with Crippen molar-refractivity contribution in [2.24, 2.45) is 0 Å². The molecule has 14 heteroatoms. The molecule has 0 radical (unpaired) electrons. The SMILES string of the molecule is CCS(=O)(=O)N[C@@H]1CN2C(=O)N(Cc3noc4cc(COC)cc(-c5c(F)cccc5F)c34)C[C@@H]2C1(F)F. The number of alkyl halides is 2. The van der Waals surface area contributed by atoms with Crippen LogP contribution in [0.3, 0.4) is 0 Å². The van der Waals surface area contributed by atoms with Crippen molar-refractivity contribution >= 4 is 27.0 Å². The van der Waals surface area contributed by atoms with Gasteiger partial charge in [-0.1, -0.05) is 11.2 Å². The lowest BCUT2D eigenvalue weighted by Gasteiger charge is -2.24. The number of sulfonamides is 1. The number of halogens is 4. The van der Waals surface area contributed by atoms with Gasteiger partial charge in [0.25, 0.3) is 5.92 Å². The zero-order valence-electron chi connectivity index (χ0n) is 20.4. The van der Waals surface area contributed by atoms with Gasteiger partial charge in [0.15, 0.2) is 5.58 Å². The zero-order valence-corrected chi connectivity index (χ0v) is 21.2. The molecule has 9 nitrogen and oxygen atoms in total. The number of urea groups is 1. The standard InChI is InChI=1S/C24H24F4N4O5S/c1-3-38(34,35)30-19-10-32-20(24(19,27)28)11-31(23(32)33)9-17-22-14(21-15(25)5-4-6-16(21)26)7-13(12-36-2)8-18(22)37-29-17/h4-8,19-20,30H,3,9-12H2,1-2H3/t19-,20-/m1/s1. The summed E-state index contributed by atoms with van der Waals surface area (Å²) in [6.07, 6.45) is 0. The second-order valence-electron chi connectivity index (χ2n) is 9.26. The molecule has 2 fully saturated rings. The number of nitrogens with one attached hydrogen (secondary N) is 1. The van der Waals surface area contributed by atoms with E-state index in [1.807, 2.05) is 4.72 Å². The van der Waals surface area contributed by atoms with E-state index in [9.17, 15) is 22.0 Å². The van der Waals surface area contributed by atoms with Crippen molar-refractivity contribution in [3.8, 4) is 11.1 Å². The quantitative estimate of drug-likeness (QED) is 0.426. The molecule has 2 aliphatic heterocycles. The van der Waals surface area contributed by atoms with Crippen molar-refractivity contribution in [1.29, 1.82) is 0 Å². The molecule has 2 atom stereocenters. The highest BCUT2D eigenvalue weighted by molar-refractivity contribution is 7.89. The third kappa shape index (κ3) is 4.39. The van der Waals surface area contributed by atoms with Gasteiger partial charge in [0.05, 0.1) is 29.9 Å². The maximum absolute atomic E-state index is 15.1. The minimum absolute atomic E-state index is 0.118. The zero-order chi connectivity index (χ0) is 27.4. The Morgan fingerprint density at radius 3 is 2.55 bits per heavy atom. The number of aromatic nitrogens is 1. The molecule has 2 aromatic carbocycles. The summed E-state index contributed by atoms with van der Waals surface area (Å²) in [4.78, 5) is 15.1. The van der Waals surface area contributed by atoms with Crippen molar-refractivity contribution in [2.45, 2.75) is 38.1 Å². The first-order valence-electron chi connectivity index (χ1n) is 11.7. The van der Waals surface area contributed by atoms with Crippen LogP contribution >= 0.6 is 0 Å². The Morgan fingerprint density at radius 2 is 1.92 bits per heavy atom. The number of hydrogen-bond acceptors (Lipinski definition) is 6. The second-order valence-corrected chi connectivity index (χ2v) is 11.3. The van der Waals surface area contributed by atoms with E-state index in [-0.39, 0.29) is 46.7 Å². The first-order chi connectivity index (χ1) is 18.0. The van der Waals surface area contributed by atoms with Gasteiger partial charge in [0, 0.05) is 25.8 Å². The van der Waals surface area contributed by atoms with E-state index in [1.165, 1.54) is 26.2 Å². The predicted octanol–water partition coefficient (Wildman–Crippen LogP) is 3.48. The fourth-order valence-corrected chi connectivity index (χ4v) is 5.85. The van der Waals surface area contributed by atoms with Gasteiger partial charge in [-0.15, -0.1) is 0 Å². The number of benzene rings is 2. The van der Waals surface area contributed by atoms with Gasteiger partial charge in [0.1, 0.15) is 29.4 Å². The topological polar surface area (TPSA) is 105 Å². The van der Waals surface area contributed by atoms with Crippen molar-refractivity contribution in [1.82, 2.24) is 19.7 Å². The highest BCUT2D eigenvalue weighted by Gasteiger charge is 2.62. The Morgan fingerprint density at radius 1 is 1.21 bits per heavy atom. The lowest BCUT2D eigenvalue weighted by atomic mass is 9.96. The largest absolute Gasteiger partial charge is 0.380 e. The third-order valence-electron chi connectivity index (χ3n) is 6.86. The minimum atomic E-state index is -3.92. The number of hydrogen-bond donors (Lipinski definition) is 1.